The summed E-state index contributed by atoms with van der Waals surface area (Å²) in [4.78, 5) is 25.9. The molecule has 22 heavy (non-hydrogen) atoms. The Kier molecular flexibility index (Phi) is 5.43. The summed E-state index contributed by atoms with van der Waals surface area (Å²) in [5.74, 6) is 0. The highest BCUT2D eigenvalue weighted by Gasteiger charge is 2.29. The molecule has 0 saturated carbocycles. The van der Waals surface area contributed by atoms with E-state index in [-0.39, 0.29) is 18.8 Å². The summed E-state index contributed by atoms with van der Waals surface area (Å²) in [6.45, 7) is 7.56. The first-order chi connectivity index (χ1) is 10.1. The van der Waals surface area contributed by atoms with Gasteiger partial charge in [0, 0.05) is 30.3 Å². The van der Waals surface area contributed by atoms with Gasteiger partial charge in [0.25, 0.3) is 5.69 Å². The number of nitrogens with zero attached hydrogens (tertiary/aromatic N) is 2. The molecule has 8 heteroatoms. The van der Waals surface area contributed by atoms with Crippen LogP contribution in [0.2, 0.25) is 0 Å². The molecule has 0 aliphatic heterocycles. The number of nitro groups is 1. The molecule has 0 bridgehead atoms. The van der Waals surface area contributed by atoms with E-state index in [4.69, 9.17) is 10.5 Å². The number of carbonyl (C=O) groups is 1. The molecule has 0 aromatic carbocycles. The zero-order valence-electron chi connectivity index (χ0n) is 13.3. The molecule has 1 aromatic rings. The maximum absolute atomic E-state index is 11.7. The van der Waals surface area contributed by atoms with Crippen molar-refractivity contribution in [1.82, 2.24) is 10.3 Å². The van der Waals surface area contributed by atoms with Crippen molar-refractivity contribution in [3.63, 3.8) is 0 Å². The lowest BCUT2D eigenvalue weighted by atomic mass is 9.86. The number of rotatable bonds is 5. The molecular formula is C14H22N4O4. The van der Waals surface area contributed by atoms with Gasteiger partial charge in [-0.3, -0.25) is 15.1 Å². The monoisotopic (exact) mass is 310 g/mol. The molecular weight excluding hydrogens is 288 g/mol. The van der Waals surface area contributed by atoms with Crippen molar-refractivity contribution >= 4 is 11.8 Å². The molecule has 0 aliphatic rings. The highest BCUT2D eigenvalue weighted by atomic mass is 16.6. The van der Waals surface area contributed by atoms with Gasteiger partial charge in [-0.2, -0.15) is 0 Å². The van der Waals surface area contributed by atoms with Crippen LogP contribution in [0.5, 0.6) is 0 Å². The lowest BCUT2D eigenvalue weighted by Gasteiger charge is -2.28. The molecule has 1 unspecified atom stereocenters. The molecule has 0 fully saturated rings. The lowest BCUT2D eigenvalue weighted by molar-refractivity contribution is -0.385. The summed E-state index contributed by atoms with van der Waals surface area (Å²) < 4.78 is 5.16. The summed E-state index contributed by atoms with van der Waals surface area (Å²) in [6, 6.07) is 2.91. The van der Waals surface area contributed by atoms with E-state index in [1.54, 1.807) is 26.8 Å². The zero-order chi connectivity index (χ0) is 17.0. The number of alkyl carbamates (subject to hydrolysis) is 1. The second-order valence-corrected chi connectivity index (χ2v) is 6.28. The summed E-state index contributed by atoms with van der Waals surface area (Å²) in [5.41, 5.74) is 5.02. The first-order valence-electron chi connectivity index (χ1n) is 6.85. The van der Waals surface area contributed by atoms with E-state index in [9.17, 15) is 14.9 Å². The Balaban J connectivity index is 2.79. The molecule has 0 radical (unpaired) electrons. The predicted octanol–water partition coefficient (Wildman–Crippen LogP) is 1.73. The van der Waals surface area contributed by atoms with Crippen LogP contribution in [-0.4, -0.2) is 34.7 Å². The van der Waals surface area contributed by atoms with Crippen molar-refractivity contribution in [1.29, 1.82) is 0 Å². The highest BCUT2D eigenvalue weighted by molar-refractivity contribution is 5.67. The van der Waals surface area contributed by atoms with Gasteiger partial charge in [-0.05, 0) is 26.8 Å². The Morgan fingerprint density at radius 2 is 2.05 bits per heavy atom. The predicted molar refractivity (Wildman–Crippen MR) is 81.5 cm³/mol. The number of carbonyl (C=O) groups excluding carboxylic acids is 1. The second kappa shape index (κ2) is 6.69. The number of amides is 1. The maximum atomic E-state index is 11.7. The van der Waals surface area contributed by atoms with Crippen molar-refractivity contribution < 1.29 is 14.5 Å². The van der Waals surface area contributed by atoms with Crippen LogP contribution in [0.4, 0.5) is 10.5 Å². The summed E-state index contributed by atoms with van der Waals surface area (Å²) >= 11 is 0. The van der Waals surface area contributed by atoms with Gasteiger partial charge < -0.3 is 15.8 Å². The standard InChI is InChI=1S/C14H22N4O4/c1-13(2,3)22-12(19)17-9-14(4,8-15)11-6-5-10(7-16-11)18(20)21/h5-7H,8-9,15H2,1-4H3,(H,17,19). The maximum Gasteiger partial charge on any atom is 0.407 e. The third-order valence-electron chi connectivity index (χ3n) is 3.05. The van der Waals surface area contributed by atoms with Crippen molar-refractivity contribution in [2.75, 3.05) is 13.1 Å². The first-order valence-corrected chi connectivity index (χ1v) is 6.85. The zero-order valence-corrected chi connectivity index (χ0v) is 13.3. The van der Waals surface area contributed by atoms with Crippen molar-refractivity contribution in [3.8, 4) is 0 Å². The summed E-state index contributed by atoms with van der Waals surface area (Å²) in [7, 11) is 0. The third kappa shape index (κ3) is 4.96. The third-order valence-corrected chi connectivity index (χ3v) is 3.05. The van der Waals surface area contributed by atoms with Crippen LogP contribution in [-0.2, 0) is 10.2 Å². The number of nitrogens with one attached hydrogen (secondary N) is 1. The van der Waals surface area contributed by atoms with Gasteiger partial charge >= 0.3 is 6.09 Å². The summed E-state index contributed by atoms with van der Waals surface area (Å²) in [5, 5.41) is 13.3. The van der Waals surface area contributed by atoms with Gasteiger partial charge in [0.05, 0.1) is 4.92 Å². The minimum Gasteiger partial charge on any atom is -0.444 e. The van der Waals surface area contributed by atoms with Crippen LogP contribution in [0.1, 0.15) is 33.4 Å². The molecule has 1 atom stereocenters. The van der Waals surface area contributed by atoms with Gasteiger partial charge in [-0.25, -0.2) is 4.79 Å². The summed E-state index contributed by atoms with van der Waals surface area (Å²) in [6.07, 6.45) is 0.630. The SMILES string of the molecule is CC(C)(C)OC(=O)NCC(C)(CN)c1ccc([N+](=O)[O-])cn1. The Morgan fingerprint density at radius 3 is 2.45 bits per heavy atom. The fourth-order valence-electron chi connectivity index (χ4n) is 1.70. The quantitative estimate of drug-likeness (QED) is 0.631. The van der Waals surface area contributed by atoms with Crippen LogP contribution < -0.4 is 11.1 Å². The van der Waals surface area contributed by atoms with E-state index in [1.165, 1.54) is 12.3 Å². The first kappa shape index (κ1) is 17.8. The second-order valence-electron chi connectivity index (χ2n) is 6.28. The van der Waals surface area contributed by atoms with Crippen LogP contribution in [0.15, 0.2) is 18.3 Å². The Labute approximate surface area is 129 Å². The molecule has 0 saturated heterocycles. The largest absolute Gasteiger partial charge is 0.444 e. The molecule has 0 aliphatic carbocycles. The van der Waals surface area contributed by atoms with E-state index in [0.29, 0.717) is 5.69 Å². The van der Waals surface area contributed by atoms with Crippen LogP contribution >= 0.6 is 0 Å². The van der Waals surface area contributed by atoms with Gasteiger partial charge in [-0.1, -0.05) is 6.92 Å². The van der Waals surface area contributed by atoms with E-state index in [0.717, 1.165) is 0 Å². The fraction of sp³-hybridized carbons (Fsp3) is 0.571. The minimum absolute atomic E-state index is 0.0942. The van der Waals surface area contributed by atoms with Gasteiger partial charge in [-0.15, -0.1) is 0 Å². The molecule has 1 heterocycles. The normalized spacial score (nSPS) is 14.0. The van der Waals surface area contributed by atoms with E-state index in [1.807, 2.05) is 6.92 Å². The molecule has 0 spiro atoms. The minimum atomic E-state index is -0.647. The molecule has 1 rings (SSSR count). The number of hydrogen-bond donors (Lipinski definition) is 2. The Bertz CT molecular complexity index is 539. The van der Waals surface area contributed by atoms with E-state index >= 15 is 0 Å². The molecule has 3 N–H and O–H groups in total. The van der Waals surface area contributed by atoms with Crippen LogP contribution in [0.25, 0.3) is 0 Å². The molecule has 1 aromatic heterocycles. The number of nitrogens with two attached hydrogens (primary N) is 1. The smallest absolute Gasteiger partial charge is 0.407 e. The van der Waals surface area contributed by atoms with Crippen LogP contribution in [0, 0.1) is 10.1 Å². The lowest BCUT2D eigenvalue weighted by Crippen LogP contribution is -2.45. The average Bonchev–Trinajstić information content (AvgIpc) is 2.43. The van der Waals surface area contributed by atoms with Crippen molar-refractivity contribution in [2.24, 2.45) is 5.73 Å². The number of aromatic nitrogens is 1. The topological polar surface area (TPSA) is 120 Å². The van der Waals surface area contributed by atoms with Crippen LogP contribution in [0.3, 0.4) is 0 Å². The number of ether oxygens (including phenoxy) is 1. The highest BCUT2D eigenvalue weighted by Crippen LogP contribution is 2.22. The van der Waals surface area contributed by atoms with Gasteiger partial charge in [0.2, 0.25) is 0 Å². The van der Waals surface area contributed by atoms with Gasteiger partial charge in [0.15, 0.2) is 0 Å². The van der Waals surface area contributed by atoms with Gasteiger partial charge in [0.1, 0.15) is 11.8 Å². The number of pyridine rings is 1. The average molecular weight is 310 g/mol. The molecule has 122 valence electrons. The van der Waals surface area contributed by atoms with Crippen molar-refractivity contribution in [3.05, 3.63) is 34.1 Å². The molecule has 8 nitrogen and oxygen atoms in total. The van der Waals surface area contributed by atoms with Crippen molar-refractivity contribution in [2.45, 2.75) is 38.7 Å². The van der Waals surface area contributed by atoms with E-state index in [2.05, 4.69) is 10.3 Å². The Hall–Kier alpha value is -2.22. The Morgan fingerprint density at radius 1 is 1.41 bits per heavy atom. The van der Waals surface area contributed by atoms with E-state index < -0.39 is 22.0 Å². The number of hydrogen-bond acceptors (Lipinski definition) is 6. The molecule has 1 amide bonds. The fourth-order valence-corrected chi connectivity index (χ4v) is 1.70.